The van der Waals surface area contributed by atoms with Crippen molar-refractivity contribution in [3.05, 3.63) is 29.8 Å². The maximum absolute atomic E-state index is 12.0. The molecule has 2 amide bonds. The Hall–Kier alpha value is -2.42. The first-order chi connectivity index (χ1) is 11.4. The SMILES string of the molecule is C[C@H](N=C1NS(=O)(=O)c2ccccc21)C(=O)NCC(=O)NC1CC1. The molecule has 0 radical (unpaired) electrons. The van der Waals surface area contributed by atoms with E-state index in [9.17, 15) is 18.0 Å². The number of amides is 2. The fourth-order valence-electron chi connectivity index (χ4n) is 2.30. The van der Waals surface area contributed by atoms with Gasteiger partial charge in [-0.3, -0.25) is 19.3 Å². The molecule has 1 atom stereocenters. The van der Waals surface area contributed by atoms with Gasteiger partial charge in [0, 0.05) is 11.6 Å². The van der Waals surface area contributed by atoms with Gasteiger partial charge in [-0.05, 0) is 31.9 Å². The number of sulfonamides is 1. The number of carbonyl (C=O) groups is 2. The van der Waals surface area contributed by atoms with E-state index in [1.807, 2.05) is 0 Å². The Labute approximate surface area is 139 Å². The van der Waals surface area contributed by atoms with Gasteiger partial charge in [0.05, 0.1) is 11.4 Å². The average Bonchev–Trinajstić information content (AvgIpc) is 3.31. The Kier molecular flexibility index (Phi) is 4.27. The van der Waals surface area contributed by atoms with E-state index in [2.05, 4.69) is 20.3 Å². The minimum absolute atomic E-state index is 0.118. The number of rotatable bonds is 5. The average molecular weight is 350 g/mol. The Balaban J connectivity index is 1.65. The van der Waals surface area contributed by atoms with E-state index in [4.69, 9.17) is 0 Å². The first-order valence-corrected chi connectivity index (χ1v) is 9.12. The van der Waals surface area contributed by atoms with Gasteiger partial charge in [-0.25, -0.2) is 8.42 Å². The molecule has 1 fully saturated rings. The standard InChI is InChI=1S/C15H18N4O4S/c1-9(15(21)16-8-13(20)18-10-6-7-10)17-14-11-4-2-3-5-12(11)24(22,23)19-14/h2-5,9-10H,6-8H2,1H3,(H,16,21)(H,17,19)(H,18,20)/t9-/m0/s1. The lowest BCUT2D eigenvalue weighted by molar-refractivity contribution is -0.126. The zero-order chi connectivity index (χ0) is 17.3. The van der Waals surface area contributed by atoms with Gasteiger partial charge in [-0.2, -0.15) is 0 Å². The zero-order valence-corrected chi connectivity index (χ0v) is 13.9. The summed E-state index contributed by atoms with van der Waals surface area (Å²) in [5.74, 6) is -0.551. The van der Waals surface area contributed by atoms with Crippen LogP contribution in [-0.4, -0.2) is 44.7 Å². The second-order valence-corrected chi connectivity index (χ2v) is 7.47. The maximum Gasteiger partial charge on any atom is 0.263 e. The van der Waals surface area contributed by atoms with Crippen LogP contribution in [0.4, 0.5) is 0 Å². The second-order valence-electron chi connectivity index (χ2n) is 5.81. The number of hydrogen-bond donors (Lipinski definition) is 3. The summed E-state index contributed by atoms with van der Waals surface area (Å²) in [4.78, 5) is 27.9. The molecular formula is C15H18N4O4S. The fraction of sp³-hybridized carbons (Fsp3) is 0.400. The lowest BCUT2D eigenvalue weighted by Gasteiger charge is -2.09. The van der Waals surface area contributed by atoms with Crippen molar-refractivity contribution in [2.45, 2.75) is 36.7 Å². The molecule has 128 valence electrons. The number of carbonyl (C=O) groups excluding carboxylic acids is 2. The van der Waals surface area contributed by atoms with E-state index in [1.165, 1.54) is 13.0 Å². The molecule has 0 aromatic heterocycles. The molecular weight excluding hydrogens is 332 g/mol. The van der Waals surface area contributed by atoms with Crippen molar-refractivity contribution < 1.29 is 18.0 Å². The quantitative estimate of drug-likeness (QED) is 0.664. The molecule has 1 aliphatic carbocycles. The highest BCUT2D eigenvalue weighted by Crippen LogP contribution is 2.22. The lowest BCUT2D eigenvalue weighted by Crippen LogP contribution is -2.41. The highest BCUT2D eigenvalue weighted by molar-refractivity contribution is 7.90. The lowest BCUT2D eigenvalue weighted by atomic mass is 10.2. The molecule has 0 bridgehead atoms. The van der Waals surface area contributed by atoms with Crippen LogP contribution in [0, 0.1) is 0 Å². The molecule has 0 unspecified atom stereocenters. The van der Waals surface area contributed by atoms with Gasteiger partial charge in [-0.15, -0.1) is 0 Å². The third-order valence-electron chi connectivity index (χ3n) is 3.73. The van der Waals surface area contributed by atoms with Crippen molar-refractivity contribution in [3.8, 4) is 0 Å². The molecule has 0 spiro atoms. The minimum atomic E-state index is -3.63. The Morgan fingerprint density at radius 1 is 1.33 bits per heavy atom. The first kappa shape index (κ1) is 16.4. The number of benzene rings is 1. The summed E-state index contributed by atoms with van der Waals surface area (Å²) in [6, 6.07) is 5.82. The van der Waals surface area contributed by atoms with E-state index in [-0.39, 0.29) is 29.2 Å². The van der Waals surface area contributed by atoms with Crippen molar-refractivity contribution in [2.24, 2.45) is 4.99 Å². The molecule has 8 nitrogen and oxygen atoms in total. The normalized spacial score (nSPS) is 20.8. The van der Waals surface area contributed by atoms with Crippen LogP contribution in [0.3, 0.4) is 0 Å². The molecule has 1 aliphatic heterocycles. The van der Waals surface area contributed by atoms with Crippen molar-refractivity contribution in [1.82, 2.24) is 15.4 Å². The summed E-state index contributed by atoms with van der Waals surface area (Å²) in [5, 5.41) is 5.26. The van der Waals surface area contributed by atoms with Gasteiger partial charge in [-0.1, -0.05) is 12.1 Å². The van der Waals surface area contributed by atoms with Crippen molar-refractivity contribution in [2.75, 3.05) is 6.54 Å². The largest absolute Gasteiger partial charge is 0.352 e. The molecule has 3 N–H and O–H groups in total. The number of aliphatic imine (C=N–C) groups is 1. The molecule has 1 aromatic carbocycles. The van der Waals surface area contributed by atoms with E-state index in [0.29, 0.717) is 5.56 Å². The third-order valence-corrected chi connectivity index (χ3v) is 5.13. The molecule has 1 saturated carbocycles. The maximum atomic E-state index is 12.0. The van der Waals surface area contributed by atoms with E-state index < -0.39 is 22.0 Å². The smallest absolute Gasteiger partial charge is 0.263 e. The molecule has 0 saturated heterocycles. The van der Waals surface area contributed by atoms with Gasteiger partial charge in [0.25, 0.3) is 10.0 Å². The van der Waals surface area contributed by atoms with Gasteiger partial charge in [0.1, 0.15) is 11.9 Å². The van der Waals surface area contributed by atoms with Crippen LogP contribution in [-0.2, 0) is 19.6 Å². The van der Waals surface area contributed by atoms with Crippen LogP contribution >= 0.6 is 0 Å². The fourth-order valence-corrected chi connectivity index (χ4v) is 3.54. The molecule has 1 aromatic rings. The molecule has 2 aliphatic rings. The van der Waals surface area contributed by atoms with Gasteiger partial charge in [0.2, 0.25) is 11.8 Å². The van der Waals surface area contributed by atoms with Gasteiger partial charge < -0.3 is 10.6 Å². The summed E-state index contributed by atoms with van der Waals surface area (Å²) < 4.78 is 26.3. The van der Waals surface area contributed by atoms with E-state index in [0.717, 1.165) is 12.8 Å². The number of hydrogen-bond acceptors (Lipinski definition) is 5. The van der Waals surface area contributed by atoms with Gasteiger partial charge in [0.15, 0.2) is 0 Å². The predicted octanol–water partition coefficient (Wildman–Crippen LogP) is -0.492. The Morgan fingerprint density at radius 2 is 2.04 bits per heavy atom. The topological polar surface area (TPSA) is 117 Å². The van der Waals surface area contributed by atoms with Crippen LogP contribution in [0.15, 0.2) is 34.2 Å². The molecule has 3 rings (SSSR count). The van der Waals surface area contributed by atoms with Crippen molar-refractivity contribution in [1.29, 1.82) is 0 Å². The first-order valence-electron chi connectivity index (χ1n) is 7.64. The molecule has 9 heteroatoms. The zero-order valence-electron chi connectivity index (χ0n) is 13.1. The minimum Gasteiger partial charge on any atom is -0.352 e. The molecule has 1 heterocycles. The third kappa shape index (κ3) is 3.56. The number of fused-ring (bicyclic) bond motifs is 1. The summed E-state index contributed by atoms with van der Waals surface area (Å²) >= 11 is 0. The van der Waals surface area contributed by atoms with E-state index >= 15 is 0 Å². The predicted molar refractivity (Wildman–Crippen MR) is 86.9 cm³/mol. The number of nitrogens with zero attached hydrogens (tertiary/aromatic N) is 1. The second kappa shape index (κ2) is 6.23. The summed E-state index contributed by atoms with van der Waals surface area (Å²) in [7, 11) is -3.63. The number of nitrogens with one attached hydrogen (secondary N) is 3. The summed E-state index contributed by atoms with van der Waals surface area (Å²) in [6.07, 6.45) is 1.95. The Morgan fingerprint density at radius 3 is 2.75 bits per heavy atom. The summed E-state index contributed by atoms with van der Waals surface area (Å²) in [6.45, 7) is 1.42. The van der Waals surface area contributed by atoms with Gasteiger partial charge >= 0.3 is 0 Å². The van der Waals surface area contributed by atoms with Crippen LogP contribution in [0.2, 0.25) is 0 Å². The molecule has 24 heavy (non-hydrogen) atoms. The monoisotopic (exact) mass is 350 g/mol. The van der Waals surface area contributed by atoms with Crippen LogP contribution in [0.25, 0.3) is 0 Å². The number of amidine groups is 1. The Bertz CT molecular complexity index is 815. The highest BCUT2D eigenvalue weighted by atomic mass is 32.2. The van der Waals surface area contributed by atoms with Crippen molar-refractivity contribution >= 4 is 27.7 Å². The highest BCUT2D eigenvalue weighted by Gasteiger charge is 2.31. The van der Waals surface area contributed by atoms with Crippen LogP contribution in [0.5, 0.6) is 0 Å². The summed E-state index contributed by atoms with van der Waals surface area (Å²) in [5.41, 5.74) is 0.434. The van der Waals surface area contributed by atoms with Crippen molar-refractivity contribution in [3.63, 3.8) is 0 Å². The van der Waals surface area contributed by atoms with E-state index in [1.54, 1.807) is 18.2 Å². The van der Waals surface area contributed by atoms with Crippen LogP contribution in [0.1, 0.15) is 25.3 Å². The van der Waals surface area contributed by atoms with Crippen LogP contribution < -0.4 is 15.4 Å².